The van der Waals surface area contributed by atoms with Crippen LogP contribution in [-0.2, 0) is 19.4 Å². The standard InChI is InChI=1S/C11H17N3O/c1-8-13-10-5-2-4-9(10)11(15)14(8)7-3-6-12/h2-7,12H2,1H3. The highest BCUT2D eigenvalue weighted by atomic mass is 16.1. The molecule has 4 heteroatoms. The zero-order valence-electron chi connectivity index (χ0n) is 9.12. The Morgan fingerprint density at radius 1 is 1.47 bits per heavy atom. The van der Waals surface area contributed by atoms with Crippen LogP contribution in [0.1, 0.15) is 29.9 Å². The first-order valence-electron chi connectivity index (χ1n) is 5.53. The van der Waals surface area contributed by atoms with E-state index in [-0.39, 0.29) is 5.56 Å². The van der Waals surface area contributed by atoms with Crippen LogP contribution in [0.15, 0.2) is 4.79 Å². The molecule has 0 saturated heterocycles. The second kappa shape index (κ2) is 4.14. The average molecular weight is 207 g/mol. The van der Waals surface area contributed by atoms with Crippen molar-refractivity contribution in [3.05, 3.63) is 27.4 Å². The molecular weight excluding hydrogens is 190 g/mol. The van der Waals surface area contributed by atoms with Crippen molar-refractivity contribution in [3.63, 3.8) is 0 Å². The lowest BCUT2D eigenvalue weighted by atomic mass is 10.2. The van der Waals surface area contributed by atoms with Gasteiger partial charge < -0.3 is 5.73 Å². The van der Waals surface area contributed by atoms with Crippen molar-refractivity contribution in [2.24, 2.45) is 5.73 Å². The maximum Gasteiger partial charge on any atom is 0.256 e. The third kappa shape index (κ3) is 1.81. The first kappa shape index (κ1) is 10.4. The van der Waals surface area contributed by atoms with Gasteiger partial charge in [-0.25, -0.2) is 4.98 Å². The summed E-state index contributed by atoms with van der Waals surface area (Å²) in [5.41, 5.74) is 7.55. The Bertz CT molecular complexity index is 423. The van der Waals surface area contributed by atoms with Crippen molar-refractivity contribution >= 4 is 0 Å². The van der Waals surface area contributed by atoms with E-state index in [1.807, 2.05) is 6.92 Å². The number of aromatic nitrogens is 2. The zero-order chi connectivity index (χ0) is 10.8. The molecule has 82 valence electrons. The summed E-state index contributed by atoms with van der Waals surface area (Å²) in [6.45, 7) is 3.21. The highest BCUT2D eigenvalue weighted by Gasteiger charge is 2.18. The van der Waals surface area contributed by atoms with Crippen LogP contribution in [0.3, 0.4) is 0 Å². The predicted octanol–water partition coefficient (Wildman–Crippen LogP) is 0.389. The molecule has 0 aromatic carbocycles. The van der Waals surface area contributed by atoms with Gasteiger partial charge >= 0.3 is 0 Å². The topological polar surface area (TPSA) is 60.9 Å². The molecule has 0 spiro atoms. The van der Waals surface area contributed by atoms with E-state index in [4.69, 9.17) is 5.73 Å². The largest absolute Gasteiger partial charge is 0.330 e. The van der Waals surface area contributed by atoms with Gasteiger partial charge in [0.15, 0.2) is 0 Å². The summed E-state index contributed by atoms with van der Waals surface area (Å²) in [5.74, 6) is 0.828. The Morgan fingerprint density at radius 2 is 2.27 bits per heavy atom. The van der Waals surface area contributed by atoms with E-state index < -0.39 is 0 Å². The molecule has 0 radical (unpaired) electrons. The summed E-state index contributed by atoms with van der Waals surface area (Å²) >= 11 is 0. The molecule has 0 atom stereocenters. The average Bonchev–Trinajstić information content (AvgIpc) is 2.65. The summed E-state index contributed by atoms with van der Waals surface area (Å²) < 4.78 is 1.76. The summed E-state index contributed by atoms with van der Waals surface area (Å²) in [4.78, 5) is 16.6. The smallest absolute Gasteiger partial charge is 0.256 e. The molecule has 1 heterocycles. The van der Waals surface area contributed by atoms with Crippen molar-refractivity contribution in [3.8, 4) is 0 Å². The summed E-state index contributed by atoms with van der Waals surface area (Å²) in [6.07, 6.45) is 3.76. The van der Waals surface area contributed by atoms with Crippen LogP contribution >= 0.6 is 0 Å². The number of hydrogen-bond acceptors (Lipinski definition) is 3. The van der Waals surface area contributed by atoms with Crippen molar-refractivity contribution in [2.75, 3.05) is 6.54 Å². The molecule has 0 amide bonds. The molecule has 4 nitrogen and oxygen atoms in total. The summed E-state index contributed by atoms with van der Waals surface area (Å²) in [7, 11) is 0. The molecule has 0 fully saturated rings. The summed E-state index contributed by atoms with van der Waals surface area (Å²) in [5, 5.41) is 0. The van der Waals surface area contributed by atoms with Crippen LogP contribution in [0.5, 0.6) is 0 Å². The molecule has 0 bridgehead atoms. The molecule has 1 aliphatic rings. The second-order valence-electron chi connectivity index (χ2n) is 4.04. The van der Waals surface area contributed by atoms with Crippen molar-refractivity contribution < 1.29 is 0 Å². The van der Waals surface area contributed by atoms with Gasteiger partial charge in [0, 0.05) is 12.1 Å². The Kier molecular flexibility index (Phi) is 2.86. The van der Waals surface area contributed by atoms with Gasteiger partial charge in [0.1, 0.15) is 5.82 Å². The summed E-state index contributed by atoms with van der Waals surface area (Å²) in [6, 6.07) is 0. The van der Waals surface area contributed by atoms with Gasteiger partial charge in [-0.2, -0.15) is 0 Å². The van der Waals surface area contributed by atoms with Crippen LogP contribution in [0.4, 0.5) is 0 Å². The van der Waals surface area contributed by atoms with Gasteiger partial charge in [-0.05, 0) is 39.2 Å². The molecule has 0 unspecified atom stereocenters. The minimum Gasteiger partial charge on any atom is -0.330 e. The molecule has 1 aromatic rings. The Hall–Kier alpha value is -1.16. The third-order valence-electron chi connectivity index (χ3n) is 2.97. The number of hydrogen-bond donors (Lipinski definition) is 1. The molecule has 2 rings (SSSR count). The lowest BCUT2D eigenvalue weighted by Crippen LogP contribution is -2.28. The van der Waals surface area contributed by atoms with Crippen molar-refractivity contribution in [1.82, 2.24) is 9.55 Å². The van der Waals surface area contributed by atoms with Gasteiger partial charge in [-0.3, -0.25) is 9.36 Å². The van der Waals surface area contributed by atoms with Crippen LogP contribution in [-0.4, -0.2) is 16.1 Å². The van der Waals surface area contributed by atoms with Crippen molar-refractivity contribution in [2.45, 2.75) is 39.2 Å². The molecule has 15 heavy (non-hydrogen) atoms. The Balaban J connectivity index is 2.42. The molecule has 0 aliphatic heterocycles. The maximum atomic E-state index is 12.1. The molecular formula is C11H17N3O. The predicted molar refractivity (Wildman–Crippen MR) is 58.9 cm³/mol. The molecule has 0 saturated carbocycles. The third-order valence-corrected chi connectivity index (χ3v) is 2.97. The highest BCUT2D eigenvalue weighted by molar-refractivity contribution is 5.23. The van der Waals surface area contributed by atoms with E-state index >= 15 is 0 Å². The molecule has 1 aromatic heterocycles. The van der Waals surface area contributed by atoms with E-state index in [9.17, 15) is 4.79 Å². The fourth-order valence-electron chi connectivity index (χ4n) is 2.16. The Morgan fingerprint density at radius 3 is 3.00 bits per heavy atom. The first-order valence-corrected chi connectivity index (χ1v) is 5.53. The number of nitrogens with two attached hydrogens (primary N) is 1. The lowest BCUT2D eigenvalue weighted by molar-refractivity contribution is 0.592. The molecule has 1 aliphatic carbocycles. The SMILES string of the molecule is Cc1nc2c(c(=O)n1CCCN)CCC2. The van der Waals surface area contributed by atoms with Crippen LogP contribution < -0.4 is 11.3 Å². The van der Waals surface area contributed by atoms with Gasteiger partial charge in [-0.1, -0.05) is 0 Å². The zero-order valence-corrected chi connectivity index (χ0v) is 9.12. The Labute approximate surface area is 89.1 Å². The van der Waals surface area contributed by atoms with Gasteiger partial charge in [0.2, 0.25) is 0 Å². The monoisotopic (exact) mass is 207 g/mol. The fraction of sp³-hybridized carbons (Fsp3) is 0.636. The van der Waals surface area contributed by atoms with E-state index in [0.717, 1.165) is 42.8 Å². The van der Waals surface area contributed by atoms with Crippen LogP contribution in [0, 0.1) is 6.92 Å². The maximum absolute atomic E-state index is 12.1. The number of nitrogens with zero attached hydrogens (tertiary/aromatic N) is 2. The minimum atomic E-state index is 0.156. The molecule has 2 N–H and O–H groups in total. The quantitative estimate of drug-likeness (QED) is 0.780. The lowest BCUT2D eigenvalue weighted by Gasteiger charge is -2.10. The van der Waals surface area contributed by atoms with Gasteiger partial charge in [0.25, 0.3) is 5.56 Å². The first-order chi connectivity index (χ1) is 7.24. The van der Waals surface area contributed by atoms with Crippen LogP contribution in [0.25, 0.3) is 0 Å². The van der Waals surface area contributed by atoms with Crippen molar-refractivity contribution in [1.29, 1.82) is 0 Å². The van der Waals surface area contributed by atoms with E-state index in [1.165, 1.54) is 0 Å². The van der Waals surface area contributed by atoms with E-state index in [1.54, 1.807) is 4.57 Å². The number of aryl methyl sites for hydroxylation is 2. The van der Waals surface area contributed by atoms with Gasteiger partial charge in [0.05, 0.1) is 5.69 Å². The normalized spacial score (nSPS) is 14.3. The fourth-order valence-corrected chi connectivity index (χ4v) is 2.16. The van der Waals surface area contributed by atoms with E-state index in [2.05, 4.69) is 4.98 Å². The van der Waals surface area contributed by atoms with Crippen LogP contribution in [0.2, 0.25) is 0 Å². The highest BCUT2D eigenvalue weighted by Crippen LogP contribution is 2.16. The minimum absolute atomic E-state index is 0.156. The van der Waals surface area contributed by atoms with Gasteiger partial charge in [-0.15, -0.1) is 0 Å². The number of fused-ring (bicyclic) bond motifs is 1. The van der Waals surface area contributed by atoms with E-state index in [0.29, 0.717) is 13.1 Å². The number of rotatable bonds is 3. The second-order valence-corrected chi connectivity index (χ2v) is 4.04.